The average Bonchev–Trinajstić information content (AvgIpc) is 2.90. The predicted octanol–water partition coefficient (Wildman–Crippen LogP) is 5.71. The van der Waals surface area contributed by atoms with E-state index in [2.05, 4.69) is 36.4 Å². The van der Waals surface area contributed by atoms with Crippen LogP contribution in [0.1, 0.15) is 17.7 Å². The standard InChI is InChI=1S/C29H24BNO2/c32-30(33)29(18-16-24(17-19-29)22-10-4-1-5-11-22)28-21-26(23-12-6-2-7-13-23)20-27(31-28)25-14-8-3-9-15-25/h1-18,20-21,32-33H,19H2. The van der Waals surface area contributed by atoms with E-state index in [-0.39, 0.29) is 0 Å². The molecule has 3 aromatic carbocycles. The molecular weight excluding hydrogens is 405 g/mol. The van der Waals surface area contributed by atoms with Gasteiger partial charge in [-0.1, -0.05) is 109 Å². The quantitative estimate of drug-likeness (QED) is 0.400. The van der Waals surface area contributed by atoms with E-state index in [9.17, 15) is 10.0 Å². The van der Waals surface area contributed by atoms with Gasteiger partial charge >= 0.3 is 7.12 Å². The minimum absolute atomic E-state index is 0.435. The van der Waals surface area contributed by atoms with Crippen molar-refractivity contribution in [2.45, 2.75) is 11.7 Å². The molecule has 5 rings (SSSR count). The molecule has 1 aliphatic rings. The van der Waals surface area contributed by atoms with Crippen molar-refractivity contribution in [1.29, 1.82) is 0 Å². The molecule has 160 valence electrons. The molecule has 1 aliphatic carbocycles. The summed E-state index contributed by atoms with van der Waals surface area (Å²) in [5, 5.41) is 20.2. The zero-order valence-electron chi connectivity index (χ0n) is 18.2. The zero-order chi connectivity index (χ0) is 22.7. The highest BCUT2D eigenvalue weighted by molar-refractivity contribution is 6.46. The highest BCUT2D eigenvalue weighted by atomic mass is 16.4. The Morgan fingerprint density at radius 1 is 0.667 bits per heavy atom. The fraction of sp³-hybridized carbons (Fsp3) is 0.0690. The molecule has 0 fully saturated rings. The lowest BCUT2D eigenvalue weighted by atomic mass is 9.52. The van der Waals surface area contributed by atoms with Gasteiger partial charge in [0.15, 0.2) is 0 Å². The van der Waals surface area contributed by atoms with Crippen LogP contribution < -0.4 is 0 Å². The highest BCUT2D eigenvalue weighted by Crippen LogP contribution is 2.39. The number of rotatable bonds is 5. The first-order valence-electron chi connectivity index (χ1n) is 11.1. The first-order chi connectivity index (χ1) is 16.2. The van der Waals surface area contributed by atoms with Crippen molar-refractivity contribution in [2.75, 3.05) is 0 Å². The van der Waals surface area contributed by atoms with E-state index in [0.717, 1.165) is 33.5 Å². The third-order valence-electron chi connectivity index (χ3n) is 6.27. The Morgan fingerprint density at radius 3 is 1.79 bits per heavy atom. The van der Waals surface area contributed by atoms with Gasteiger partial charge in [-0.15, -0.1) is 0 Å². The van der Waals surface area contributed by atoms with Crippen molar-refractivity contribution in [3.8, 4) is 22.4 Å². The normalized spacial score (nSPS) is 17.5. The molecule has 0 spiro atoms. The lowest BCUT2D eigenvalue weighted by Crippen LogP contribution is -2.43. The van der Waals surface area contributed by atoms with Gasteiger partial charge in [-0.25, -0.2) is 0 Å². The van der Waals surface area contributed by atoms with E-state index in [4.69, 9.17) is 4.98 Å². The van der Waals surface area contributed by atoms with Crippen molar-refractivity contribution >= 4 is 12.7 Å². The Hall–Kier alpha value is -3.73. The molecule has 0 bridgehead atoms. The van der Waals surface area contributed by atoms with Crippen LogP contribution in [0, 0.1) is 0 Å². The van der Waals surface area contributed by atoms with Gasteiger partial charge in [0.25, 0.3) is 0 Å². The maximum Gasteiger partial charge on any atom is 0.468 e. The minimum Gasteiger partial charge on any atom is -0.426 e. The van der Waals surface area contributed by atoms with Crippen LogP contribution in [0.3, 0.4) is 0 Å². The second-order valence-electron chi connectivity index (χ2n) is 8.34. The van der Waals surface area contributed by atoms with Gasteiger partial charge < -0.3 is 10.0 Å². The molecule has 0 aliphatic heterocycles. The second-order valence-corrected chi connectivity index (χ2v) is 8.34. The van der Waals surface area contributed by atoms with Crippen molar-refractivity contribution in [3.63, 3.8) is 0 Å². The van der Waals surface area contributed by atoms with Gasteiger partial charge in [-0.3, -0.25) is 4.98 Å². The maximum atomic E-state index is 10.6. The van der Waals surface area contributed by atoms with E-state index in [1.807, 2.05) is 84.9 Å². The molecule has 1 heterocycles. The fourth-order valence-corrected chi connectivity index (χ4v) is 4.33. The summed E-state index contributed by atoms with van der Waals surface area (Å²) in [5.41, 5.74) is 6.64. The monoisotopic (exact) mass is 429 g/mol. The molecular formula is C29H24BNO2. The first-order valence-corrected chi connectivity index (χ1v) is 11.1. The lowest BCUT2D eigenvalue weighted by Gasteiger charge is -2.32. The summed E-state index contributed by atoms with van der Waals surface area (Å²) >= 11 is 0. The van der Waals surface area contributed by atoms with Crippen LogP contribution >= 0.6 is 0 Å². The number of hydrogen-bond donors (Lipinski definition) is 2. The van der Waals surface area contributed by atoms with Crippen LogP contribution in [0.2, 0.25) is 0 Å². The summed E-state index contributed by atoms with van der Waals surface area (Å²) in [7, 11) is -1.59. The molecule has 0 amide bonds. The predicted molar refractivity (Wildman–Crippen MR) is 135 cm³/mol. The van der Waals surface area contributed by atoms with Gasteiger partial charge in [0.1, 0.15) is 0 Å². The van der Waals surface area contributed by atoms with E-state index >= 15 is 0 Å². The zero-order valence-corrected chi connectivity index (χ0v) is 18.2. The summed E-state index contributed by atoms with van der Waals surface area (Å²) in [6, 6.07) is 34.2. The summed E-state index contributed by atoms with van der Waals surface area (Å²) < 4.78 is 0. The molecule has 0 saturated heterocycles. The van der Waals surface area contributed by atoms with E-state index in [1.54, 1.807) is 0 Å². The Balaban J connectivity index is 1.63. The molecule has 33 heavy (non-hydrogen) atoms. The molecule has 1 aromatic heterocycles. The summed E-state index contributed by atoms with van der Waals surface area (Å²) in [6.45, 7) is 0. The van der Waals surface area contributed by atoms with Crippen LogP contribution in [-0.2, 0) is 5.31 Å². The topological polar surface area (TPSA) is 53.4 Å². The number of benzene rings is 3. The second kappa shape index (κ2) is 9.03. The third kappa shape index (κ3) is 4.19. The Morgan fingerprint density at radius 2 is 1.24 bits per heavy atom. The SMILES string of the molecule is OB(O)C1(c2cc(-c3ccccc3)cc(-c3ccccc3)n2)C=CC(c2ccccc2)=CC1. The number of allylic oxidation sites excluding steroid dienone is 4. The molecule has 0 saturated carbocycles. The van der Waals surface area contributed by atoms with Gasteiger partial charge in [0, 0.05) is 5.56 Å². The number of hydrogen-bond acceptors (Lipinski definition) is 3. The van der Waals surface area contributed by atoms with Crippen molar-refractivity contribution in [2.24, 2.45) is 0 Å². The van der Waals surface area contributed by atoms with Crippen molar-refractivity contribution in [1.82, 2.24) is 4.98 Å². The molecule has 0 radical (unpaired) electrons. The van der Waals surface area contributed by atoms with Gasteiger partial charge in [-0.05, 0) is 40.8 Å². The number of nitrogens with zero attached hydrogens (tertiary/aromatic N) is 1. The molecule has 4 heteroatoms. The Labute approximate surface area is 194 Å². The van der Waals surface area contributed by atoms with Crippen LogP contribution in [0.15, 0.2) is 121 Å². The van der Waals surface area contributed by atoms with Gasteiger partial charge in [0.2, 0.25) is 0 Å². The van der Waals surface area contributed by atoms with E-state index < -0.39 is 12.4 Å². The largest absolute Gasteiger partial charge is 0.468 e. The third-order valence-corrected chi connectivity index (χ3v) is 6.27. The van der Waals surface area contributed by atoms with E-state index in [1.165, 1.54) is 0 Å². The summed E-state index contributed by atoms with van der Waals surface area (Å²) in [5.74, 6) is 0. The molecule has 4 aromatic rings. The minimum atomic E-state index is -1.59. The molecule has 1 unspecified atom stereocenters. The highest BCUT2D eigenvalue weighted by Gasteiger charge is 2.43. The number of pyridine rings is 1. The molecule has 2 N–H and O–H groups in total. The fourth-order valence-electron chi connectivity index (χ4n) is 4.33. The van der Waals surface area contributed by atoms with Gasteiger partial charge in [-0.2, -0.15) is 0 Å². The van der Waals surface area contributed by atoms with Gasteiger partial charge in [0.05, 0.1) is 16.7 Å². The van der Waals surface area contributed by atoms with Crippen LogP contribution in [0.5, 0.6) is 0 Å². The Kier molecular flexibility index (Phi) is 5.78. The van der Waals surface area contributed by atoms with Crippen LogP contribution in [0.25, 0.3) is 28.0 Å². The molecule has 1 atom stereocenters. The first kappa shape index (κ1) is 21.1. The molecule has 3 nitrogen and oxygen atoms in total. The average molecular weight is 429 g/mol. The Bertz CT molecular complexity index is 1240. The maximum absolute atomic E-state index is 10.6. The summed E-state index contributed by atoms with van der Waals surface area (Å²) in [6.07, 6.45) is 6.36. The lowest BCUT2D eigenvalue weighted by molar-refractivity contribution is 0.361. The van der Waals surface area contributed by atoms with Crippen LogP contribution in [-0.4, -0.2) is 22.2 Å². The summed E-state index contributed by atoms with van der Waals surface area (Å²) in [4.78, 5) is 4.94. The van der Waals surface area contributed by atoms with Crippen molar-refractivity contribution in [3.05, 3.63) is 133 Å². The smallest absolute Gasteiger partial charge is 0.426 e. The van der Waals surface area contributed by atoms with Crippen molar-refractivity contribution < 1.29 is 10.0 Å². The van der Waals surface area contributed by atoms with E-state index in [0.29, 0.717) is 12.1 Å². The van der Waals surface area contributed by atoms with Crippen LogP contribution in [0.4, 0.5) is 0 Å². The number of aromatic nitrogens is 1.